The average molecular weight is 418 g/mol. The molecule has 0 saturated heterocycles. The Bertz CT molecular complexity index is 1270. The van der Waals surface area contributed by atoms with Crippen LogP contribution >= 0.6 is 0 Å². The van der Waals surface area contributed by atoms with E-state index < -0.39 is 0 Å². The van der Waals surface area contributed by atoms with Crippen LogP contribution in [0.15, 0.2) is 76.1 Å². The van der Waals surface area contributed by atoms with E-state index in [1.807, 2.05) is 24.3 Å². The average Bonchev–Trinajstić information content (AvgIpc) is 2.82. The molecule has 0 unspecified atom stereocenters. The zero-order valence-corrected chi connectivity index (χ0v) is 17.5. The van der Waals surface area contributed by atoms with E-state index in [4.69, 9.17) is 23.4 Å². The number of para-hydroxylation sites is 1. The molecular formula is C25H22O6. The van der Waals surface area contributed by atoms with Crippen molar-refractivity contribution < 1.29 is 23.4 Å². The molecule has 0 aliphatic rings. The van der Waals surface area contributed by atoms with E-state index in [1.165, 1.54) is 6.26 Å². The van der Waals surface area contributed by atoms with Crippen molar-refractivity contribution >= 4 is 11.0 Å². The Morgan fingerprint density at radius 3 is 2.35 bits per heavy atom. The molecule has 0 bridgehead atoms. The highest BCUT2D eigenvalue weighted by molar-refractivity contribution is 5.83. The van der Waals surface area contributed by atoms with Gasteiger partial charge in [0, 0.05) is 11.6 Å². The molecule has 6 nitrogen and oxygen atoms in total. The second-order valence-electron chi connectivity index (χ2n) is 6.81. The maximum Gasteiger partial charge on any atom is 0.200 e. The molecule has 0 atom stereocenters. The number of benzene rings is 3. The van der Waals surface area contributed by atoms with E-state index in [0.717, 1.165) is 11.3 Å². The van der Waals surface area contributed by atoms with Gasteiger partial charge in [0.1, 0.15) is 30.0 Å². The van der Waals surface area contributed by atoms with Gasteiger partial charge >= 0.3 is 0 Å². The van der Waals surface area contributed by atoms with Crippen LogP contribution in [0.4, 0.5) is 0 Å². The first-order valence-corrected chi connectivity index (χ1v) is 9.67. The molecule has 1 heterocycles. The van der Waals surface area contributed by atoms with Gasteiger partial charge in [0.05, 0.1) is 32.3 Å². The van der Waals surface area contributed by atoms with Gasteiger partial charge in [-0.05, 0) is 35.9 Å². The van der Waals surface area contributed by atoms with Gasteiger partial charge in [0.2, 0.25) is 0 Å². The first-order chi connectivity index (χ1) is 15.1. The van der Waals surface area contributed by atoms with Crippen LogP contribution in [0.1, 0.15) is 5.56 Å². The molecule has 0 N–H and O–H groups in total. The summed E-state index contributed by atoms with van der Waals surface area (Å²) in [6.45, 7) is 0.337. The number of hydrogen-bond donors (Lipinski definition) is 0. The minimum atomic E-state index is -0.134. The number of ether oxygens (including phenoxy) is 4. The Kier molecular flexibility index (Phi) is 5.80. The van der Waals surface area contributed by atoms with Crippen molar-refractivity contribution in [1.82, 2.24) is 0 Å². The van der Waals surface area contributed by atoms with Gasteiger partial charge in [-0.25, -0.2) is 0 Å². The highest BCUT2D eigenvalue weighted by Gasteiger charge is 2.13. The molecule has 0 amide bonds. The Morgan fingerprint density at radius 2 is 1.58 bits per heavy atom. The number of rotatable bonds is 7. The molecule has 6 heteroatoms. The number of fused-ring (bicyclic) bond motifs is 1. The molecule has 0 spiro atoms. The second-order valence-corrected chi connectivity index (χ2v) is 6.81. The standard InChI is InChI=1S/C25H22O6/c1-27-21-7-5-4-6-17(21)14-30-18-9-10-19-23(13-18)31-15-20(25(19)26)16-8-11-22(28-2)24(12-16)29-3/h4-13,15H,14H2,1-3H3. The first-order valence-electron chi connectivity index (χ1n) is 9.67. The number of hydrogen-bond acceptors (Lipinski definition) is 6. The van der Waals surface area contributed by atoms with Crippen LogP contribution in [-0.2, 0) is 6.61 Å². The van der Waals surface area contributed by atoms with Crippen LogP contribution < -0.4 is 24.4 Å². The zero-order valence-electron chi connectivity index (χ0n) is 17.5. The van der Waals surface area contributed by atoms with E-state index in [1.54, 1.807) is 57.7 Å². The fraction of sp³-hybridized carbons (Fsp3) is 0.160. The maximum absolute atomic E-state index is 13.1. The normalized spacial score (nSPS) is 10.7. The van der Waals surface area contributed by atoms with Gasteiger partial charge in [0.25, 0.3) is 0 Å². The van der Waals surface area contributed by atoms with Crippen molar-refractivity contribution in [3.63, 3.8) is 0 Å². The third-order valence-corrected chi connectivity index (χ3v) is 5.03. The summed E-state index contributed by atoms with van der Waals surface area (Å²) in [6.07, 6.45) is 1.45. The summed E-state index contributed by atoms with van der Waals surface area (Å²) in [4.78, 5) is 13.1. The van der Waals surface area contributed by atoms with Crippen LogP contribution in [0.25, 0.3) is 22.1 Å². The highest BCUT2D eigenvalue weighted by Crippen LogP contribution is 2.32. The van der Waals surface area contributed by atoms with Crippen LogP contribution in [-0.4, -0.2) is 21.3 Å². The van der Waals surface area contributed by atoms with Crippen LogP contribution in [0.2, 0.25) is 0 Å². The van der Waals surface area contributed by atoms with Crippen molar-refractivity contribution in [3.8, 4) is 34.1 Å². The molecule has 0 radical (unpaired) electrons. The lowest BCUT2D eigenvalue weighted by Gasteiger charge is -2.11. The van der Waals surface area contributed by atoms with Gasteiger partial charge in [-0.15, -0.1) is 0 Å². The van der Waals surface area contributed by atoms with Crippen molar-refractivity contribution in [1.29, 1.82) is 0 Å². The quantitative estimate of drug-likeness (QED) is 0.418. The molecule has 3 aromatic carbocycles. The Labute approximate surface area is 179 Å². The molecule has 0 fully saturated rings. The van der Waals surface area contributed by atoms with E-state index in [2.05, 4.69) is 0 Å². The topological polar surface area (TPSA) is 67.1 Å². The molecule has 158 valence electrons. The van der Waals surface area contributed by atoms with E-state index in [-0.39, 0.29) is 5.43 Å². The lowest BCUT2D eigenvalue weighted by atomic mass is 10.0. The van der Waals surface area contributed by atoms with Crippen molar-refractivity contribution in [2.75, 3.05) is 21.3 Å². The van der Waals surface area contributed by atoms with Crippen LogP contribution in [0.3, 0.4) is 0 Å². The largest absolute Gasteiger partial charge is 0.496 e. The summed E-state index contributed by atoms with van der Waals surface area (Å²) >= 11 is 0. The van der Waals surface area contributed by atoms with Crippen LogP contribution in [0, 0.1) is 0 Å². The zero-order chi connectivity index (χ0) is 21.8. The molecule has 1 aromatic heterocycles. The summed E-state index contributed by atoms with van der Waals surface area (Å²) in [7, 11) is 4.74. The lowest BCUT2D eigenvalue weighted by Crippen LogP contribution is -2.05. The fourth-order valence-corrected chi connectivity index (χ4v) is 3.38. The van der Waals surface area contributed by atoms with Gasteiger partial charge < -0.3 is 23.4 Å². The SMILES string of the molecule is COc1ccccc1COc1ccc2c(=O)c(-c3ccc(OC)c(OC)c3)coc2c1. The summed E-state index contributed by atoms with van der Waals surface area (Å²) in [5.41, 5.74) is 2.37. The molecular weight excluding hydrogens is 396 g/mol. The summed E-state index contributed by atoms with van der Waals surface area (Å²) in [6, 6.07) is 18.1. The Balaban J connectivity index is 1.63. The summed E-state index contributed by atoms with van der Waals surface area (Å²) in [5.74, 6) is 2.49. The summed E-state index contributed by atoms with van der Waals surface area (Å²) < 4.78 is 27.6. The molecule has 4 rings (SSSR count). The van der Waals surface area contributed by atoms with Gasteiger partial charge in [-0.3, -0.25) is 4.79 Å². The van der Waals surface area contributed by atoms with E-state index in [9.17, 15) is 4.79 Å². The van der Waals surface area contributed by atoms with E-state index >= 15 is 0 Å². The molecule has 4 aromatic rings. The smallest absolute Gasteiger partial charge is 0.200 e. The predicted octanol–water partition coefficient (Wildman–Crippen LogP) is 5.06. The molecule has 31 heavy (non-hydrogen) atoms. The fourth-order valence-electron chi connectivity index (χ4n) is 3.38. The maximum atomic E-state index is 13.1. The molecule has 0 aliphatic heterocycles. The second kappa shape index (κ2) is 8.83. The molecule has 0 saturated carbocycles. The third-order valence-electron chi connectivity index (χ3n) is 5.03. The van der Waals surface area contributed by atoms with Crippen molar-refractivity contribution in [2.45, 2.75) is 6.61 Å². The van der Waals surface area contributed by atoms with Gasteiger partial charge in [-0.1, -0.05) is 24.3 Å². The Morgan fingerprint density at radius 1 is 0.806 bits per heavy atom. The predicted molar refractivity (Wildman–Crippen MR) is 118 cm³/mol. The Hall–Kier alpha value is -3.93. The monoisotopic (exact) mass is 418 g/mol. The lowest BCUT2D eigenvalue weighted by molar-refractivity contribution is 0.296. The highest BCUT2D eigenvalue weighted by atomic mass is 16.5. The van der Waals surface area contributed by atoms with Crippen molar-refractivity contribution in [2.24, 2.45) is 0 Å². The number of methoxy groups -OCH3 is 3. The van der Waals surface area contributed by atoms with Gasteiger partial charge in [-0.2, -0.15) is 0 Å². The minimum absolute atomic E-state index is 0.134. The summed E-state index contributed by atoms with van der Waals surface area (Å²) in [5, 5.41) is 0.469. The van der Waals surface area contributed by atoms with Gasteiger partial charge in [0.15, 0.2) is 16.9 Å². The molecule has 0 aliphatic carbocycles. The van der Waals surface area contributed by atoms with Crippen LogP contribution in [0.5, 0.6) is 23.0 Å². The first kappa shape index (κ1) is 20.3. The van der Waals surface area contributed by atoms with E-state index in [0.29, 0.717) is 46.0 Å². The van der Waals surface area contributed by atoms with Crippen molar-refractivity contribution in [3.05, 3.63) is 82.7 Å². The minimum Gasteiger partial charge on any atom is -0.496 e. The third kappa shape index (κ3) is 4.05.